The van der Waals surface area contributed by atoms with Crippen LogP contribution in [0.5, 0.6) is 0 Å². The Kier molecular flexibility index (Phi) is 4.95. The van der Waals surface area contributed by atoms with Gasteiger partial charge in [-0.3, -0.25) is 4.79 Å². The van der Waals surface area contributed by atoms with E-state index in [1.54, 1.807) is 24.3 Å². The van der Waals surface area contributed by atoms with Crippen LogP contribution in [-0.4, -0.2) is 17.1 Å². The van der Waals surface area contributed by atoms with Crippen molar-refractivity contribution in [2.45, 2.75) is 32.4 Å². The Hall–Kier alpha value is -1.39. The van der Waals surface area contributed by atoms with Crippen molar-refractivity contribution in [3.63, 3.8) is 0 Å². The van der Waals surface area contributed by atoms with Crippen LogP contribution >= 0.6 is 0 Å². The maximum Gasteiger partial charge on any atom is 0.224 e. The topological polar surface area (TPSA) is 75.4 Å². The number of carbonyl (C=O) groups excluding carboxylic acids is 1. The summed E-state index contributed by atoms with van der Waals surface area (Å²) < 4.78 is 0. The smallest absolute Gasteiger partial charge is 0.224 e. The molecule has 0 fully saturated rings. The van der Waals surface area contributed by atoms with E-state index in [9.17, 15) is 4.79 Å². The molecule has 1 atom stereocenters. The molecule has 4 N–H and O–H groups in total. The summed E-state index contributed by atoms with van der Waals surface area (Å²) in [4.78, 5) is 11.5. The van der Waals surface area contributed by atoms with E-state index >= 15 is 0 Å². The fraction of sp³-hybridized carbons (Fsp3) is 0.417. The second-order valence-corrected chi connectivity index (χ2v) is 3.92. The fourth-order valence-corrected chi connectivity index (χ4v) is 1.33. The lowest BCUT2D eigenvalue weighted by Crippen LogP contribution is -2.19. The Morgan fingerprint density at radius 2 is 2.31 bits per heavy atom. The summed E-state index contributed by atoms with van der Waals surface area (Å²) in [5.74, 6) is -0.0487. The van der Waals surface area contributed by atoms with Crippen molar-refractivity contribution in [1.29, 1.82) is 0 Å². The van der Waals surface area contributed by atoms with Crippen LogP contribution in [0, 0.1) is 0 Å². The molecule has 4 heteroatoms. The minimum absolute atomic E-state index is 0.0243. The number of hydrogen-bond acceptors (Lipinski definition) is 3. The summed E-state index contributed by atoms with van der Waals surface area (Å²) in [5.41, 5.74) is 7.06. The molecule has 1 rings (SSSR count). The largest absolute Gasteiger partial charge is 0.392 e. The molecule has 0 spiro atoms. The number of benzene rings is 1. The van der Waals surface area contributed by atoms with Crippen LogP contribution in [0.15, 0.2) is 24.3 Å². The molecular weight excluding hydrogens is 204 g/mol. The predicted molar refractivity (Wildman–Crippen MR) is 63.9 cm³/mol. The van der Waals surface area contributed by atoms with Crippen molar-refractivity contribution in [3.8, 4) is 0 Å². The van der Waals surface area contributed by atoms with Crippen molar-refractivity contribution in [1.82, 2.24) is 0 Å². The predicted octanol–water partition coefficient (Wildman–Crippen LogP) is 1.24. The number of aliphatic hydroxyl groups excluding tert-OH is 1. The number of amides is 1. The summed E-state index contributed by atoms with van der Waals surface area (Å²) >= 11 is 0. The molecule has 1 unspecified atom stereocenters. The highest BCUT2D eigenvalue weighted by Gasteiger charge is 2.04. The van der Waals surface area contributed by atoms with Crippen molar-refractivity contribution in [2.75, 3.05) is 5.32 Å². The average molecular weight is 222 g/mol. The van der Waals surface area contributed by atoms with Crippen LogP contribution in [-0.2, 0) is 11.4 Å². The Balaban J connectivity index is 2.49. The minimum atomic E-state index is -0.0487. The normalized spacial score (nSPS) is 12.2. The highest BCUT2D eigenvalue weighted by atomic mass is 16.3. The number of carbonyl (C=O) groups is 1. The number of anilines is 1. The van der Waals surface area contributed by atoms with Crippen molar-refractivity contribution < 1.29 is 9.90 Å². The number of nitrogens with one attached hydrogen (secondary N) is 1. The third kappa shape index (κ3) is 4.42. The van der Waals surface area contributed by atoms with Gasteiger partial charge >= 0.3 is 0 Å². The molecule has 4 nitrogen and oxygen atoms in total. The van der Waals surface area contributed by atoms with Gasteiger partial charge < -0.3 is 16.2 Å². The standard InChI is InChI=1S/C12H18N2O2/c1-9(13)5-6-12(16)14-11-4-2-3-10(7-11)8-15/h2-4,7,9,15H,5-6,8,13H2,1H3,(H,14,16). The van der Waals surface area contributed by atoms with E-state index in [-0.39, 0.29) is 18.6 Å². The summed E-state index contributed by atoms with van der Waals surface area (Å²) in [7, 11) is 0. The Morgan fingerprint density at radius 3 is 2.94 bits per heavy atom. The third-order valence-corrected chi connectivity index (χ3v) is 2.22. The lowest BCUT2D eigenvalue weighted by atomic mass is 10.1. The van der Waals surface area contributed by atoms with Crippen LogP contribution in [0.1, 0.15) is 25.3 Å². The number of nitrogens with two attached hydrogens (primary N) is 1. The van der Waals surface area contributed by atoms with E-state index in [0.717, 1.165) is 5.56 Å². The summed E-state index contributed by atoms with van der Waals surface area (Å²) in [5, 5.41) is 11.7. The van der Waals surface area contributed by atoms with Gasteiger partial charge in [-0.25, -0.2) is 0 Å². The molecule has 0 bridgehead atoms. The van der Waals surface area contributed by atoms with Gasteiger partial charge in [0.15, 0.2) is 0 Å². The van der Waals surface area contributed by atoms with Gasteiger partial charge in [0.2, 0.25) is 5.91 Å². The molecule has 1 aromatic carbocycles. The number of hydrogen-bond donors (Lipinski definition) is 3. The van der Waals surface area contributed by atoms with Crippen LogP contribution in [0.3, 0.4) is 0 Å². The molecule has 0 saturated heterocycles. The first-order valence-electron chi connectivity index (χ1n) is 5.37. The van der Waals surface area contributed by atoms with E-state index < -0.39 is 0 Å². The molecular formula is C12H18N2O2. The van der Waals surface area contributed by atoms with Gasteiger partial charge in [0.05, 0.1) is 6.61 Å². The van der Waals surface area contributed by atoms with Gasteiger partial charge in [-0.05, 0) is 31.0 Å². The monoisotopic (exact) mass is 222 g/mol. The van der Waals surface area contributed by atoms with Gasteiger partial charge in [-0.15, -0.1) is 0 Å². The molecule has 88 valence electrons. The van der Waals surface area contributed by atoms with E-state index in [2.05, 4.69) is 5.32 Å². The first-order chi connectivity index (χ1) is 7.61. The van der Waals surface area contributed by atoms with Crippen molar-refractivity contribution >= 4 is 11.6 Å². The zero-order valence-electron chi connectivity index (χ0n) is 9.44. The van der Waals surface area contributed by atoms with E-state index in [4.69, 9.17) is 10.8 Å². The maximum absolute atomic E-state index is 11.5. The van der Waals surface area contributed by atoms with Crippen LogP contribution in [0.4, 0.5) is 5.69 Å². The highest BCUT2D eigenvalue weighted by molar-refractivity contribution is 5.90. The lowest BCUT2D eigenvalue weighted by Gasteiger charge is -2.07. The Morgan fingerprint density at radius 1 is 1.56 bits per heavy atom. The van der Waals surface area contributed by atoms with Gasteiger partial charge in [0, 0.05) is 18.2 Å². The SMILES string of the molecule is CC(N)CCC(=O)Nc1cccc(CO)c1. The van der Waals surface area contributed by atoms with Crippen LogP contribution in [0.25, 0.3) is 0 Å². The quantitative estimate of drug-likeness (QED) is 0.701. The minimum Gasteiger partial charge on any atom is -0.392 e. The molecule has 0 heterocycles. The molecule has 1 amide bonds. The summed E-state index contributed by atoms with van der Waals surface area (Å²) in [6.07, 6.45) is 1.09. The first-order valence-corrected chi connectivity index (χ1v) is 5.37. The van der Waals surface area contributed by atoms with Crippen LogP contribution < -0.4 is 11.1 Å². The lowest BCUT2D eigenvalue weighted by molar-refractivity contribution is -0.116. The van der Waals surface area contributed by atoms with Gasteiger partial charge in [0.1, 0.15) is 0 Å². The van der Waals surface area contributed by atoms with Crippen molar-refractivity contribution in [2.24, 2.45) is 5.73 Å². The summed E-state index contributed by atoms with van der Waals surface area (Å²) in [6, 6.07) is 7.19. The van der Waals surface area contributed by atoms with Gasteiger partial charge in [-0.2, -0.15) is 0 Å². The molecule has 0 aromatic heterocycles. The third-order valence-electron chi connectivity index (χ3n) is 2.22. The van der Waals surface area contributed by atoms with Gasteiger partial charge in [0.25, 0.3) is 0 Å². The van der Waals surface area contributed by atoms with E-state index in [0.29, 0.717) is 18.5 Å². The number of aliphatic hydroxyl groups is 1. The van der Waals surface area contributed by atoms with E-state index in [1.807, 2.05) is 6.92 Å². The van der Waals surface area contributed by atoms with Gasteiger partial charge in [-0.1, -0.05) is 12.1 Å². The zero-order chi connectivity index (χ0) is 12.0. The van der Waals surface area contributed by atoms with E-state index in [1.165, 1.54) is 0 Å². The zero-order valence-corrected chi connectivity index (χ0v) is 9.44. The summed E-state index contributed by atoms with van der Waals surface area (Å²) in [6.45, 7) is 1.85. The maximum atomic E-state index is 11.5. The molecule has 0 aliphatic heterocycles. The molecule has 16 heavy (non-hydrogen) atoms. The Labute approximate surface area is 95.5 Å². The molecule has 0 aliphatic carbocycles. The average Bonchev–Trinajstić information content (AvgIpc) is 2.26. The second-order valence-electron chi connectivity index (χ2n) is 3.92. The fourth-order valence-electron chi connectivity index (χ4n) is 1.33. The Bertz CT molecular complexity index is 351. The first kappa shape index (κ1) is 12.7. The molecule has 0 aliphatic rings. The highest BCUT2D eigenvalue weighted by Crippen LogP contribution is 2.11. The number of rotatable bonds is 5. The molecule has 0 radical (unpaired) electrons. The molecule has 1 aromatic rings. The molecule has 0 saturated carbocycles. The van der Waals surface area contributed by atoms with Crippen molar-refractivity contribution in [3.05, 3.63) is 29.8 Å². The van der Waals surface area contributed by atoms with Crippen LogP contribution in [0.2, 0.25) is 0 Å². The second kappa shape index (κ2) is 6.25.